The predicted molar refractivity (Wildman–Crippen MR) is 45.8 cm³/mol. The fourth-order valence-corrected chi connectivity index (χ4v) is 0.651. The summed E-state index contributed by atoms with van der Waals surface area (Å²) in [5, 5.41) is 19.8. The largest absolute Gasteiger partial charge is 0.511 e. The van der Waals surface area contributed by atoms with E-state index in [9.17, 15) is 4.79 Å². The number of nitrogens with zero attached hydrogens (tertiary/aromatic N) is 1. The normalized spacial score (nSPS) is 11.5. The quantitative estimate of drug-likeness (QED) is 0.281. The number of nitriles is 1. The van der Waals surface area contributed by atoms with Crippen LogP contribution in [0.4, 0.5) is 0 Å². The number of carbonyl (C=O) groups excluding carboxylic acids is 1. The molecule has 0 rings (SSSR count). The first-order valence-corrected chi connectivity index (χ1v) is 3.70. The maximum atomic E-state index is 11.1. The average molecular weight is 184 g/mol. The minimum absolute atomic E-state index is 0.267. The van der Waals surface area contributed by atoms with Crippen LogP contribution in [-0.4, -0.2) is 31.3 Å². The fourth-order valence-electron chi connectivity index (χ4n) is 0.651. The van der Waals surface area contributed by atoms with E-state index in [1.807, 2.05) is 0 Å². The highest BCUT2D eigenvalue weighted by Crippen LogP contribution is 1.98. The van der Waals surface area contributed by atoms with Gasteiger partial charge in [0, 0.05) is 13.7 Å². The lowest BCUT2D eigenvalue weighted by atomic mass is 10.2. The monoisotopic (exact) mass is 184 g/mol. The molecule has 0 aromatic rings. The molecule has 0 bridgehead atoms. The Bertz CT molecular complexity index is 249. The van der Waals surface area contributed by atoms with Gasteiger partial charge in [0.25, 0.3) is 5.91 Å². The number of ether oxygens (including phenoxy) is 1. The van der Waals surface area contributed by atoms with Gasteiger partial charge in [0.15, 0.2) is 5.57 Å². The second-order valence-corrected chi connectivity index (χ2v) is 2.32. The molecule has 0 spiro atoms. The van der Waals surface area contributed by atoms with E-state index in [0.717, 1.165) is 0 Å². The van der Waals surface area contributed by atoms with Gasteiger partial charge in [0.2, 0.25) is 0 Å². The number of methoxy groups -OCH3 is 1. The summed E-state index contributed by atoms with van der Waals surface area (Å²) in [5.74, 6) is -0.864. The number of amides is 1. The molecule has 0 radical (unpaired) electrons. The highest BCUT2D eigenvalue weighted by atomic mass is 16.5. The van der Waals surface area contributed by atoms with Gasteiger partial charge in [0.05, 0.1) is 6.61 Å². The second kappa shape index (κ2) is 6.03. The van der Waals surface area contributed by atoms with Crippen LogP contribution >= 0.6 is 0 Å². The molecule has 2 N–H and O–H groups in total. The molecule has 0 aliphatic heterocycles. The van der Waals surface area contributed by atoms with Gasteiger partial charge in [-0.05, 0) is 6.92 Å². The Morgan fingerprint density at radius 3 is 2.69 bits per heavy atom. The molecule has 0 saturated carbocycles. The first-order chi connectivity index (χ1) is 6.13. The first kappa shape index (κ1) is 11.5. The van der Waals surface area contributed by atoms with Gasteiger partial charge in [-0.15, -0.1) is 0 Å². The highest BCUT2D eigenvalue weighted by molar-refractivity contribution is 5.97. The molecule has 0 aliphatic rings. The predicted octanol–water partition coefficient (Wildman–Crippen LogP) is 0.105. The van der Waals surface area contributed by atoms with Crippen molar-refractivity contribution in [1.29, 1.82) is 5.26 Å². The maximum absolute atomic E-state index is 11.1. The van der Waals surface area contributed by atoms with Crippen LogP contribution in [0.3, 0.4) is 0 Å². The third kappa shape index (κ3) is 4.13. The number of rotatable bonds is 4. The van der Waals surface area contributed by atoms with Crippen LogP contribution in [-0.2, 0) is 9.53 Å². The standard InChI is InChI=1S/C8H12N2O3/c1-6(11)7(5-9)8(12)10-3-4-13-2/h11H,3-4H2,1-2H3,(H,10,12)/b7-6-. The van der Waals surface area contributed by atoms with E-state index in [2.05, 4.69) is 10.1 Å². The van der Waals surface area contributed by atoms with Gasteiger partial charge < -0.3 is 15.2 Å². The topological polar surface area (TPSA) is 82.3 Å². The Balaban J connectivity index is 4.12. The van der Waals surface area contributed by atoms with Crippen LogP contribution in [0.5, 0.6) is 0 Å². The van der Waals surface area contributed by atoms with Gasteiger partial charge in [-0.2, -0.15) is 5.26 Å². The summed E-state index contributed by atoms with van der Waals surface area (Å²) < 4.78 is 4.69. The van der Waals surface area contributed by atoms with Crippen molar-refractivity contribution in [2.45, 2.75) is 6.92 Å². The molecule has 0 unspecified atom stereocenters. The summed E-state index contributed by atoms with van der Waals surface area (Å²) in [6.07, 6.45) is 0. The molecule has 0 saturated heterocycles. The highest BCUT2D eigenvalue weighted by Gasteiger charge is 2.10. The van der Waals surface area contributed by atoms with Gasteiger partial charge in [-0.1, -0.05) is 0 Å². The molecule has 5 nitrogen and oxygen atoms in total. The van der Waals surface area contributed by atoms with E-state index < -0.39 is 5.91 Å². The Labute approximate surface area is 76.6 Å². The number of hydrogen-bond donors (Lipinski definition) is 2. The lowest BCUT2D eigenvalue weighted by Gasteiger charge is -2.02. The Morgan fingerprint density at radius 2 is 2.31 bits per heavy atom. The summed E-state index contributed by atoms with van der Waals surface area (Å²) in [5.41, 5.74) is -0.267. The van der Waals surface area contributed by atoms with Crippen LogP contribution in [0.2, 0.25) is 0 Å². The SMILES string of the molecule is COCCNC(=O)/C(C#N)=C(/C)O. The molecule has 0 atom stereocenters. The van der Waals surface area contributed by atoms with Crippen molar-refractivity contribution in [2.24, 2.45) is 0 Å². The number of allylic oxidation sites excluding steroid dienone is 1. The number of nitrogens with one attached hydrogen (secondary N) is 1. The molecular formula is C8H12N2O3. The Kier molecular flexibility index (Phi) is 5.32. The minimum atomic E-state index is -0.584. The number of carbonyl (C=O) groups is 1. The average Bonchev–Trinajstić information content (AvgIpc) is 2.05. The van der Waals surface area contributed by atoms with Gasteiger partial charge in [-0.3, -0.25) is 4.79 Å². The summed E-state index contributed by atoms with van der Waals surface area (Å²) in [4.78, 5) is 11.1. The van der Waals surface area contributed by atoms with Crippen LogP contribution in [0.1, 0.15) is 6.92 Å². The lowest BCUT2D eigenvalue weighted by molar-refractivity contribution is -0.117. The summed E-state index contributed by atoms with van der Waals surface area (Å²) in [6, 6.07) is 1.60. The zero-order chi connectivity index (χ0) is 10.3. The van der Waals surface area contributed by atoms with Crippen molar-refractivity contribution >= 4 is 5.91 Å². The molecule has 5 heteroatoms. The zero-order valence-electron chi connectivity index (χ0n) is 7.63. The molecule has 0 aromatic heterocycles. The maximum Gasteiger partial charge on any atom is 0.265 e. The summed E-state index contributed by atoms with van der Waals surface area (Å²) >= 11 is 0. The fraction of sp³-hybridized carbons (Fsp3) is 0.500. The van der Waals surface area contributed by atoms with Crippen LogP contribution in [0.15, 0.2) is 11.3 Å². The molecule has 0 aromatic carbocycles. The number of hydrogen-bond acceptors (Lipinski definition) is 4. The third-order valence-electron chi connectivity index (χ3n) is 1.29. The van der Waals surface area contributed by atoms with E-state index >= 15 is 0 Å². The molecular weight excluding hydrogens is 172 g/mol. The molecule has 72 valence electrons. The Hall–Kier alpha value is -1.54. The van der Waals surface area contributed by atoms with E-state index in [1.54, 1.807) is 6.07 Å². The van der Waals surface area contributed by atoms with E-state index in [1.165, 1.54) is 14.0 Å². The molecule has 0 fully saturated rings. The summed E-state index contributed by atoms with van der Waals surface area (Å²) in [6.45, 7) is 1.97. The van der Waals surface area contributed by atoms with Gasteiger partial charge in [0.1, 0.15) is 11.8 Å². The lowest BCUT2D eigenvalue weighted by Crippen LogP contribution is -2.28. The van der Waals surface area contributed by atoms with Gasteiger partial charge >= 0.3 is 0 Å². The molecule has 13 heavy (non-hydrogen) atoms. The summed E-state index contributed by atoms with van der Waals surface area (Å²) in [7, 11) is 1.50. The zero-order valence-corrected chi connectivity index (χ0v) is 7.63. The molecule has 0 aliphatic carbocycles. The number of aliphatic hydroxyl groups is 1. The van der Waals surface area contributed by atoms with Crippen molar-refractivity contribution < 1.29 is 14.6 Å². The Morgan fingerprint density at radius 1 is 1.69 bits per heavy atom. The smallest absolute Gasteiger partial charge is 0.265 e. The molecule has 1 amide bonds. The van der Waals surface area contributed by atoms with Crippen LogP contribution < -0.4 is 5.32 Å². The first-order valence-electron chi connectivity index (χ1n) is 3.70. The van der Waals surface area contributed by atoms with Crippen molar-refractivity contribution in [2.75, 3.05) is 20.3 Å². The van der Waals surface area contributed by atoms with Crippen LogP contribution in [0.25, 0.3) is 0 Å². The van der Waals surface area contributed by atoms with Crippen molar-refractivity contribution in [3.8, 4) is 6.07 Å². The van der Waals surface area contributed by atoms with Crippen LogP contribution in [0, 0.1) is 11.3 Å². The molecule has 0 heterocycles. The third-order valence-corrected chi connectivity index (χ3v) is 1.29. The minimum Gasteiger partial charge on any atom is -0.511 e. The van der Waals surface area contributed by atoms with Gasteiger partial charge in [-0.25, -0.2) is 0 Å². The van der Waals surface area contributed by atoms with Crippen molar-refractivity contribution in [3.05, 3.63) is 11.3 Å². The van der Waals surface area contributed by atoms with E-state index in [4.69, 9.17) is 10.4 Å². The van der Waals surface area contributed by atoms with Crippen molar-refractivity contribution in [3.63, 3.8) is 0 Å². The van der Waals surface area contributed by atoms with E-state index in [-0.39, 0.29) is 11.3 Å². The van der Waals surface area contributed by atoms with E-state index in [0.29, 0.717) is 13.2 Å². The second-order valence-electron chi connectivity index (χ2n) is 2.32. The number of aliphatic hydroxyl groups excluding tert-OH is 1. The van der Waals surface area contributed by atoms with Crippen molar-refractivity contribution in [1.82, 2.24) is 5.32 Å².